The molecule has 1 aliphatic rings. The molecule has 5 heteroatoms. The third kappa shape index (κ3) is 3.61. The Labute approximate surface area is 148 Å². The lowest BCUT2D eigenvalue weighted by Crippen LogP contribution is -2.08. The molecule has 0 fully saturated rings. The first-order valence-electron chi connectivity index (χ1n) is 7.09. The molecule has 0 unspecified atom stereocenters. The highest BCUT2D eigenvalue weighted by atomic mass is 127. The van der Waals surface area contributed by atoms with Gasteiger partial charge in [-0.1, -0.05) is 18.2 Å². The lowest BCUT2D eigenvalue weighted by molar-refractivity contribution is -0.129. The minimum atomic E-state index is -0.421. The predicted molar refractivity (Wildman–Crippen MR) is 101 cm³/mol. The second-order valence-corrected chi connectivity index (χ2v) is 6.58. The van der Waals surface area contributed by atoms with Gasteiger partial charge in [0.15, 0.2) is 5.70 Å². The lowest BCUT2D eigenvalue weighted by atomic mass is 10.1. The molecule has 1 aliphatic heterocycles. The van der Waals surface area contributed by atoms with Gasteiger partial charge in [0.05, 0.1) is 0 Å². The van der Waals surface area contributed by atoms with Crippen LogP contribution >= 0.6 is 22.6 Å². The van der Waals surface area contributed by atoms with Gasteiger partial charge < -0.3 is 9.64 Å². The van der Waals surface area contributed by atoms with Crippen molar-refractivity contribution in [3.63, 3.8) is 0 Å². The molecule has 0 aromatic heterocycles. The number of carbonyl (C=O) groups excluding carboxylic acids is 1. The second kappa shape index (κ2) is 6.54. The quantitative estimate of drug-likeness (QED) is 0.434. The van der Waals surface area contributed by atoms with E-state index < -0.39 is 5.97 Å². The van der Waals surface area contributed by atoms with Crippen LogP contribution in [0.1, 0.15) is 11.1 Å². The van der Waals surface area contributed by atoms with Gasteiger partial charge in [0.2, 0.25) is 5.90 Å². The first-order valence-corrected chi connectivity index (χ1v) is 8.17. The molecule has 0 radical (unpaired) electrons. The van der Waals surface area contributed by atoms with Crippen molar-refractivity contribution >= 4 is 46.2 Å². The van der Waals surface area contributed by atoms with E-state index in [4.69, 9.17) is 4.74 Å². The molecule has 0 atom stereocenters. The number of anilines is 1. The van der Waals surface area contributed by atoms with Crippen LogP contribution < -0.4 is 4.90 Å². The number of esters is 1. The molecule has 0 aliphatic carbocycles. The van der Waals surface area contributed by atoms with Gasteiger partial charge >= 0.3 is 5.97 Å². The molecule has 0 N–H and O–H groups in total. The van der Waals surface area contributed by atoms with Crippen molar-refractivity contribution < 1.29 is 9.53 Å². The summed E-state index contributed by atoms with van der Waals surface area (Å²) in [5, 5.41) is 0. The Balaban J connectivity index is 1.88. The van der Waals surface area contributed by atoms with Gasteiger partial charge in [0.1, 0.15) is 0 Å². The topological polar surface area (TPSA) is 41.9 Å². The van der Waals surface area contributed by atoms with Gasteiger partial charge in [-0.25, -0.2) is 9.79 Å². The van der Waals surface area contributed by atoms with Crippen molar-refractivity contribution in [1.29, 1.82) is 0 Å². The van der Waals surface area contributed by atoms with Crippen molar-refractivity contribution in [3.05, 3.63) is 68.9 Å². The van der Waals surface area contributed by atoms with Gasteiger partial charge in [-0.3, -0.25) is 0 Å². The van der Waals surface area contributed by atoms with E-state index in [1.165, 1.54) is 0 Å². The summed E-state index contributed by atoms with van der Waals surface area (Å²) in [7, 11) is 3.97. The van der Waals surface area contributed by atoms with Crippen molar-refractivity contribution in [3.8, 4) is 0 Å². The zero-order valence-electron chi connectivity index (χ0n) is 12.8. The number of cyclic esters (lactones) is 1. The summed E-state index contributed by atoms with van der Waals surface area (Å²) in [6.45, 7) is 0. The summed E-state index contributed by atoms with van der Waals surface area (Å²) < 4.78 is 6.35. The molecule has 116 valence electrons. The number of ether oxygens (including phenoxy) is 1. The van der Waals surface area contributed by atoms with Gasteiger partial charge in [-0.05, 0) is 64.6 Å². The van der Waals surface area contributed by atoms with E-state index in [1.807, 2.05) is 67.5 Å². The molecule has 3 rings (SSSR count). The van der Waals surface area contributed by atoms with Crippen LogP contribution in [0.4, 0.5) is 5.69 Å². The summed E-state index contributed by atoms with van der Waals surface area (Å²) in [4.78, 5) is 18.4. The third-order valence-corrected chi connectivity index (χ3v) is 4.08. The monoisotopic (exact) mass is 418 g/mol. The SMILES string of the molecule is CN(C)c1ccc(/C=C2\N=C(c3cccc(I)c3)OC2=O)cc1. The van der Waals surface area contributed by atoms with E-state index in [2.05, 4.69) is 27.6 Å². The van der Waals surface area contributed by atoms with E-state index in [-0.39, 0.29) is 0 Å². The van der Waals surface area contributed by atoms with Crippen LogP contribution in [0.3, 0.4) is 0 Å². The smallest absolute Gasteiger partial charge is 0.363 e. The summed E-state index contributed by atoms with van der Waals surface area (Å²) in [5.41, 5.74) is 3.13. The second-order valence-electron chi connectivity index (χ2n) is 5.33. The number of benzene rings is 2. The van der Waals surface area contributed by atoms with Crippen LogP contribution in [0.5, 0.6) is 0 Å². The normalized spacial score (nSPS) is 15.5. The zero-order chi connectivity index (χ0) is 16.4. The zero-order valence-corrected chi connectivity index (χ0v) is 14.9. The van der Waals surface area contributed by atoms with Crippen LogP contribution in [0.15, 0.2) is 59.2 Å². The molecular weight excluding hydrogens is 403 g/mol. The Morgan fingerprint density at radius 2 is 1.87 bits per heavy atom. The molecule has 0 saturated heterocycles. The Hall–Kier alpha value is -2.15. The molecule has 0 spiro atoms. The van der Waals surface area contributed by atoms with Crippen LogP contribution in [-0.2, 0) is 9.53 Å². The maximum atomic E-state index is 12.0. The minimum Gasteiger partial charge on any atom is -0.402 e. The lowest BCUT2D eigenvalue weighted by Gasteiger charge is -2.11. The maximum Gasteiger partial charge on any atom is 0.363 e. The Kier molecular flexibility index (Phi) is 4.47. The largest absolute Gasteiger partial charge is 0.402 e. The highest BCUT2D eigenvalue weighted by Crippen LogP contribution is 2.21. The first-order chi connectivity index (χ1) is 11.0. The average molecular weight is 418 g/mol. The van der Waals surface area contributed by atoms with E-state index in [0.717, 1.165) is 20.4 Å². The average Bonchev–Trinajstić information content (AvgIpc) is 2.89. The maximum absolute atomic E-state index is 12.0. The standard InChI is InChI=1S/C18H15IN2O2/c1-21(2)15-8-6-12(7-9-15)10-16-18(22)23-17(20-16)13-4-3-5-14(19)11-13/h3-11H,1-2H3/b16-10-. The number of aliphatic imine (C=N–C) groups is 1. The van der Waals surface area contributed by atoms with E-state index in [0.29, 0.717) is 11.6 Å². The fourth-order valence-electron chi connectivity index (χ4n) is 2.18. The number of rotatable bonds is 3. The Bertz CT molecular complexity index is 808. The van der Waals surface area contributed by atoms with Crippen molar-refractivity contribution in [1.82, 2.24) is 0 Å². The highest BCUT2D eigenvalue weighted by molar-refractivity contribution is 14.1. The molecule has 4 nitrogen and oxygen atoms in total. The van der Waals surface area contributed by atoms with Gasteiger partial charge in [0.25, 0.3) is 0 Å². The number of hydrogen-bond donors (Lipinski definition) is 0. The van der Waals surface area contributed by atoms with E-state index >= 15 is 0 Å². The number of hydrogen-bond acceptors (Lipinski definition) is 4. The van der Waals surface area contributed by atoms with E-state index in [1.54, 1.807) is 6.08 Å². The molecule has 0 amide bonds. The highest BCUT2D eigenvalue weighted by Gasteiger charge is 2.24. The van der Waals surface area contributed by atoms with Crippen molar-refractivity contribution in [2.75, 3.05) is 19.0 Å². The van der Waals surface area contributed by atoms with Gasteiger partial charge in [0, 0.05) is 28.9 Å². The summed E-state index contributed by atoms with van der Waals surface area (Å²) in [6, 6.07) is 15.6. The molecule has 1 heterocycles. The molecule has 23 heavy (non-hydrogen) atoms. The minimum absolute atomic E-state index is 0.316. The number of halogens is 1. The Morgan fingerprint density at radius 1 is 1.13 bits per heavy atom. The van der Waals surface area contributed by atoms with Crippen LogP contribution in [0, 0.1) is 3.57 Å². The van der Waals surface area contributed by atoms with Crippen molar-refractivity contribution in [2.24, 2.45) is 4.99 Å². The molecule has 0 saturated carbocycles. The third-order valence-electron chi connectivity index (χ3n) is 3.40. The van der Waals surface area contributed by atoms with Crippen LogP contribution in [-0.4, -0.2) is 26.0 Å². The summed E-state index contributed by atoms with van der Waals surface area (Å²) in [5.74, 6) is -0.0692. The molecular formula is C18H15IN2O2. The van der Waals surface area contributed by atoms with Crippen molar-refractivity contribution in [2.45, 2.75) is 0 Å². The molecule has 2 aromatic rings. The van der Waals surface area contributed by atoms with E-state index in [9.17, 15) is 4.79 Å². The number of carbonyl (C=O) groups is 1. The molecule has 0 bridgehead atoms. The Morgan fingerprint density at radius 3 is 2.52 bits per heavy atom. The number of nitrogens with zero attached hydrogens (tertiary/aromatic N) is 2. The predicted octanol–water partition coefficient (Wildman–Crippen LogP) is 3.70. The van der Waals surface area contributed by atoms with Crippen LogP contribution in [0.2, 0.25) is 0 Å². The van der Waals surface area contributed by atoms with Gasteiger partial charge in [-0.15, -0.1) is 0 Å². The first kappa shape index (κ1) is 15.7. The fourth-order valence-corrected chi connectivity index (χ4v) is 2.72. The summed E-state index contributed by atoms with van der Waals surface area (Å²) in [6.07, 6.45) is 1.74. The van der Waals surface area contributed by atoms with Crippen LogP contribution in [0.25, 0.3) is 6.08 Å². The van der Waals surface area contributed by atoms with Gasteiger partial charge in [-0.2, -0.15) is 0 Å². The fraction of sp³-hybridized carbons (Fsp3) is 0.111. The molecule has 2 aromatic carbocycles. The summed E-state index contributed by atoms with van der Waals surface area (Å²) >= 11 is 2.22.